The zero-order valence-electron chi connectivity index (χ0n) is 9.22. The van der Waals surface area contributed by atoms with E-state index in [9.17, 15) is 18.0 Å². The first-order valence-corrected chi connectivity index (χ1v) is 4.73. The fourth-order valence-electron chi connectivity index (χ4n) is 1.07. The van der Waals surface area contributed by atoms with Crippen molar-refractivity contribution in [2.45, 2.75) is 26.9 Å². The Morgan fingerprint density at radius 1 is 1.19 bits per heavy atom. The molecule has 16 heavy (non-hydrogen) atoms. The van der Waals surface area contributed by atoms with Gasteiger partial charge in [0.15, 0.2) is 0 Å². The van der Waals surface area contributed by atoms with Crippen LogP contribution in [0.25, 0.3) is 0 Å². The van der Waals surface area contributed by atoms with Crippen LogP contribution in [0.3, 0.4) is 0 Å². The maximum Gasteiger partial charge on any atom is 0.416 e. The molecule has 0 amide bonds. The average Bonchev–Trinajstić information content (AvgIpc) is 2.18. The number of aromatic carboxylic acids is 1. The predicted octanol–water partition coefficient (Wildman–Crippen LogP) is 3.74. The normalized spacial score (nSPS) is 10.4. The second-order valence-corrected chi connectivity index (χ2v) is 2.89. The van der Waals surface area contributed by atoms with Crippen molar-refractivity contribution < 1.29 is 23.1 Å². The van der Waals surface area contributed by atoms with Crippen molar-refractivity contribution in [3.63, 3.8) is 0 Å². The van der Waals surface area contributed by atoms with Gasteiger partial charge < -0.3 is 5.11 Å². The number of hydrogen-bond donors (Lipinski definition) is 1. The lowest BCUT2D eigenvalue weighted by Crippen LogP contribution is -2.08. The highest BCUT2D eigenvalue weighted by molar-refractivity contribution is 5.88. The van der Waals surface area contributed by atoms with E-state index in [4.69, 9.17) is 5.11 Å². The molecule has 0 radical (unpaired) electrons. The van der Waals surface area contributed by atoms with Gasteiger partial charge in [-0.1, -0.05) is 13.8 Å². The minimum absolute atomic E-state index is 0.275. The molecule has 0 atom stereocenters. The molecule has 0 aliphatic carbocycles. The van der Waals surface area contributed by atoms with Crippen LogP contribution in [0.1, 0.15) is 35.3 Å². The van der Waals surface area contributed by atoms with E-state index < -0.39 is 17.7 Å². The zero-order valence-corrected chi connectivity index (χ0v) is 9.22. The summed E-state index contributed by atoms with van der Waals surface area (Å²) in [5, 5.41) is 8.53. The van der Waals surface area contributed by atoms with E-state index in [1.165, 1.54) is 13.0 Å². The molecule has 90 valence electrons. The average molecular weight is 234 g/mol. The Bertz CT molecular complexity index is 370. The molecule has 0 spiro atoms. The summed E-state index contributed by atoms with van der Waals surface area (Å²) in [5.41, 5.74) is -1.01. The topological polar surface area (TPSA) is 37.3 Å². The molecular formula is C11H13F3O2. The third kappa shape index (κ3) is 3.92. The van der Waals surface area contributed by atoms with Crippen molar-refractivity contribution in [2.75, 3.05) is 0 Å². The van der Waals surface area contributed by atoms with Crippen molar-refractivity contribution in [1.82, 2.24) is 0 Å². The molecule has 0 unspecified atom stereocenters. The van der Waals surface area contributed by atoms with Gasteiger partial charge >= 0.3 is 12.1 Å². The molecule has 0 heterocycles. The van der Waals surface area contributed by atoms with Gasteiger partial charge in [0.1, 0.15) is 0 Å². The summed E-state index contributed by atoms with van der Waals surface area (Å²) in [6.07, 6.45) is -4.50. The maximum absolute atomic E-state index is 12.2. The van der Waals surface area contributed by atoms with Crippen molar-refractivity contribution >= 4 is 5.97 Å². The van der Waals surface area contributed by atoms with Gasteiger partial charge in [-0.25, -0.2) is 4.79 Å². The molecule has 0 saturated heterocycles. The third-order valence-corrected chi connectivity index (χ3v) is 1.65. The number of carboxylic acids is 1. The molecule has 2 nitrogen and oxygen atoms in total. The van der Waals surface area contributed by atoms with Crippen LogP contribution < -0.4 is 0 Å². The Hall–Kier alpha value is -1.52. The van der Waals surface area contributed by atoms with E-state index in [-0.39, 0.29) is 11.1 Å². The summed E-state index contributed by atoms with van der Waals surface area (Å²) in [6.45, 7) is 5.42. The van der Waals surface area contributed by atoms with E-state index in [1.54, 1.807) is 0 Å². The molecular weight excluding hydrogens is 221 g/mol. The van der Waals surface area contributed by atoms with Crippen LogP contribution in [0.15, 0.2) is 18.2 Å². The van der Waals surface area contributed by atoms with E-state index in [2.05, 4.69) is 0 Å². The van der Waals surface area contributed by atoms with Crippen molar-refractivity contribution in [3.8, 4) is 0 Å². The smallest absolute Gasteiger partial charge is 0.416 e. The summed E-state index contributed by atoms with van der Waals surface area (Å²) >= 11 is 0. The fraction of sp³-hybridized carbons (Fsp3) is 0.364. The van der Waals surface area contributed by atoms with Gasteiger partial charge in [-0.2, -0.15) is 13.2 Å². The van der Waals surface area contributed by atoms with Crippen LogP contribution in [0, 0.1) is 6.92 Å². The number of carbonyl (C=O) groups is 1. The molecule has 1 aromatic carbocycles. The molecule has 0 bridgehead atoms. The lowest BCUT2D eigenvalue weighted by Gasteiger charge is -2.08. The number of aryl methyl sites for hydroxylation is 1. The molecule has 1 aromatic rings. The highest BCUT2D eigenvalue weighted by Gasteiger charge is 2.31. The van der Waals surface area contributed by atoms with E-state index in [1.807, 2.05) is 13.8 Å². The lowest BCUT2D eigenvalue weighted by atomic mass is 10.1. The van der Waals surface area contributed by atoms with Gasteiger partial charge in [0.25, 0.3) is 0 Å². The van der Waals surface area contributed by atoms with Crippen LogP contribution in [-0.2, 0) is 6.18 Å². The maximum atomic E-state index is 12.2. The monoisotopic (exact) mass is 234 g/mol. The third-order valence-electron chi connectivity index (χ3n) is 1.65. The second kappa shape index (κ2) is 5.53. The standard InChI is InChI=1S/C9H7F3O2.C2H6/c1-5-2-6(8(13)14)4-7(3-5)9(10,11)12;1-2/h2-4H,1H3,(H,13,14);1-2H3. The van der Waals surface area contributed by atoms with E-state index >= 15 is 0 Å². The molecule has 1 rings (SSSR count). The number of halogens is 3. The summed E-state index contributed by atoms with van der Waals surface area (Å²) in [7, 11) is 0. The highest BCUT2D eigenvalue weighted by Crippen LogP contribution is 2.30. The first-order valence-electron chi connectivity index (χ1n) is 4.73. The van der Waals surface area contributed by atoms with Gasteiger partial charge in [-0.05, 0) is 30.7 Å². The van der Waals surface area contributed by atoms with Crippen LogP contribution in [0.4, 0.5) is 13.2 Å². The Kier molecular flexibility index (Phi) is 5.01. The number of alkyl halides is 3. The Labute approximate surface area is 91.7 Å². The second-order valence-electron chi connectivity index (χ2n) is 2.89. The minimum atomic E-state index is -4.50. The first kappa shape index (κ1) is 14.5. The number of hydrogen-bond acceptors (Lipinski definition) is 1. The molecule has 1 N–H and O–H groups in total. The minimum Gasteiger partial charge on any atom is -0.478 e. The van der Waals surface area contributed by atoms with Crippen molar-refractivity contribution in [3.05, 3.63) is 34.9 Å². The Morgan fingerprint density at radius 3 is 2.06 bits per heavy atom. The summed E-state index contributed by atoms with van der Waals surface area (Å²) in [5.74, 6) is -1.36. The van der Waals surface area contributed by atoms with Gasteiger partial charge in [0, 0.05) is 0 Å². The summed E-state index contributed by atoms with van der Waals surface area (Å²) in [4.78, 5) is 10.5. The predicted molar refractivity (Wildman–Crippen MR) is 54.5 cm³/mol. The highest BCUT2D eigenvalue weighted by atomic mass is 19.4. The fourth-order valence-corrected chi connectivity index (χ4v) is 1.07. The quantitative estimate of drug-likeness (QED) is 0.803. The Balaban J connectivity index is 0.00000106. The van der Waals surface area contributed by atoms with Crippen molar-refractivity contribution in [1.29, 1.82) is 0 Å². The molecule has 0 fully saturated rings. The van der Waals surface area contributed by atoms with Crippen LogP contribution in [0.2, 0.25) is 0 Å². The van der Waals surface area contributed by atoms with Gasteiger partial charge in [-0.3, -0.25) is 0 Å². The molecule has 0 saturated carbocycles. The Morgan fingerprint density at radius 2 is 1.69 bits per heavy atom. The lowest BCUT2D eigenvalue weighted by molar-refractivity contribution is -0.137. The summed E-state index contributed by atoms with van der Waals surface area (Å²) in [6, 6.07) is 2.72. The first-order chi connectivity index (χ1) is 7.30. The molecule has 0 aliphatic rings. The number of carboxylic acid groups (broad SMARTS) is 1. The van der Waals surface area contributed by atoms with E-state index in [0.717, 1.165) is 6.07 Å². The number of rotatable bonds is 1. The van der Waals surface area contributed by atoms with Gasteiger partial charge in [-0.15, -0.1) is 0 Å². The largest absolute Gasteiger partial charge is 0.478 e. The van der Waals surface area contributed by atoms with Crippen LogP contribution in [-0.4, -0.2) is 11.1 Å². The number of benzene rings is 1. The SMILES string of the molecule is CC.Cc1cc(C(=O)O)cc(C(F)(F)F)c1. The zero-order chi connectivity index (χ0) is 12.9. The van der Waals surface area contributed by atoms with Crippen molar-refractivity contribution in [2.24, 2.45) is 0 Å². The van der Waals surface area contributed by atoms with Crippen LogP contribution >= 0.6 is 0 Å². The van der Waals surface area contributed by atoms with Gasteiger partial charge in [0.2, 0.25) is 0 Å². The molecule has 5 heteroatoms. The van der Waals surface area contributed by atoms with E-state index in [0.29, 0.717) is 6.07 Å². The van der Waals surface area contributed by atoms with Gasteiger partial charge in [0.05, 0.1) is 11.1 Å². The van der Waals surface area contributed by atoms with Crippen LogP contribution in [0.5, 0.6) is 0 Å². The summed E-state index contributed by atoms with van der Waals surface area (Å²) < 4.78 is 36.7. The molecule has 0 aliphatic heterocycles. The molecule has 0 aromatic heterocycles.